The summed E-state index contributed by atoms with van der Waals surface area (Å²) in [6, 6.07) is 4.67. The van der Waals surface area contributed by atoms with Crippen LogP contribution in [0, 0.1) is 18.6 Å². The molecule has 0 radical (unpaired) electrons. The molecule has 0 amide bonds. The van der Waals surface area contributed by atoms with E-state index in [0.29, 0.717) is 23.9 Å². The van der Waals surface area contributed by atoms with E-state index in [1.54, 1.807) is 24.9 Å². The highest BCUT2D eigenvalue weighted by molar-refractivity contribution is 7.91. The van der Waals surface area contributed by atoms with E-state index in [1.807, 2.05) is 0 Å². The predicted molar refractivity (Wildman–Crippen MR) is 91.9 cm³/mol. The van der Waals surface area contributed by atoms with Gasteiger partial charge in [0.25, 0.3) is 0 Å². The molecule has 0 bridgehead atoms. The number of aromatic nitrogens is 2. The highest BCUT2D eigenvalue weighted by Crippen LogP contribution is 2.25. The summed E-state index contributed by atoms with van der Waals surface area (Å²) in [5.74, 6) is 0.202. The number of sulfone groups is 1. The first-order valence-electron chi connectivity index (χ1n) is 7.74. The quantitative estimate of drug-likeness (QED) is 0.893. The molecule has 0 saturated carbocycles. The van der Waals surface area contributed by atoms with Crippen molar-refractivity contribution in [3.05, 3.63) is 41.7 Å². The van der Waals surface area contributed by atoms with E-state index in [1.165, 1.54) is 6.07 Å². The summed E-state index contributed by atoms with van der Waals surface area (Å²) in [7, 11) is -1.24. The third-order valence-corrected chi connectivity index (χ3v) is 5.89. The number of rotatable bonds is 4. The molecule has 0 aliphatic carbocycles. The minimum Gasteiger partial charge on any atom is -0.355 e. The highest BCUT2D eigenvalue weighted by Gasteiger charge is 2.31. The maximum absolute atomic E-state index is 13.8. The molecule has 1 aromatic heterocycles. The Morgan fingerprint density at radius 3 is 2.64 bits per heavy atom. The second-order valence-corrected chi connectivity index (χ2v) is 8.30. The second kappa shape index (κ2) is 6.55. The zero-order chi connectivity index (χ0) is 18.2. The molecule has 6 nitrogen and oxygen atoms in total. The van der Waals surface area contributed by atoms with Gasteiger partial charge in [0, 0.05) is 25.2 Å². The van der Waals surface area contributed by atoms with E-state index in [-0.39, 0.29) is 23.2 Å². The third-order valence-electron chi connectivity index (χ3n) is 4.14. The van der Waals surface area contributed by atoms with Crippen molar-refractivity contribution in [2.45, 2.75) is 19.4 Å². The van der Waals surface area contributed by atoms with Crippen LogP contribution in [-0.4, -0.2) is 43.0 Å². The molecule has 3 rings (SSSR count). The molecule has 1 saturated heterocycles. The lowest BCUT2D eigenvalue weighted by Gasteiger charge is -2.25. The maximum atomic E-state index is 13.8. The van der Waals surface area contributed by atoms with Gasteiger partial charge in [0.1, 0.15) is 29.1 Å². The molecule has 1 aliphatic rings. The lowest BCUT2D eigenvalue weighted by atomic mass is 10.2. The number of aryl methyl sites for hydroxylation is 1. The topological polar surface area (TPSA) is 75.2 Å². The number of nitrogens with one attached hydrogen (secondary N) is 1. The Kier molecular flexibility index (Phi) is 4.59. The van der Waals surface area contributed by atoms with Crippen molar-refractivity contribution >= 4 is 27.2 Å². The normalized spacial score (nSPS) is 19.0. The van der Waals surface area contributed by atoms with Gasteiger partial charge >= 0.3 is 0 Å². The average Bonchev–Trinajstić information content (AvgIpc) is 2.89. The molecular weight excluding hydrogens is 350 g/mol. The third kappa shape index (κ3) is 4.04. The number of halogens is 2. The molecule has 1 N–H and O–H groups in total. The van der Waals surface area contributed by atoms with E-state index in [4.69, 9.17) is 0 Å². The first kappa shape index (κ1) is 17.5. The van der Waals surface area contributed by atoms with Crippen LogP contribution in [0.2, 0.25) is 0 Å². The van der Waals surface area contributed by atoms with Gasteiger partial charge in [-0.25, -0.2) is 27.2 Å². The van der Waals surface area contributed by atoms with Gasteiger partial charge in [-0.05, 0) is 25.5 Å². The fraction of sp³-hybridized carbons (Fsp3) is 0.375. The van der Waals surface area contributed by atoms with Crippen molar-refractivity contribution in [1.82, 2.24) is 9.97 Å². The van der Waals surface area contributed by atoms with Gasteiger partial charge in [-0.15, -0.1) is 0 Å². The SMILES string of the molecule is Cc1nc(Nc2ccc(F)cc2F)cc(N(C)C2CCS(=O)(=O)C2)n1. The number of benzene rings is 1. The van der Waals surface area contributed by atoms with Crippen LogP contribution in [0.1, 0.15) is 12.2 Å². The molecule has 134 valence electrons. The average molecular weight is 368 g/mol. The highest BCUT2D eigenvalue weighted by atomic mass is 32.2. The van der Waals surface area contributed by atoms with Gasteiger partial charge < -0.3 is 10.2 Å². The number of nitrogens with zero attached hydrogens (tertiary/aromatic N) is 3. The van der Waals surface area contributed by atoms with Crippen molar-refractivity contribution in [3.63, 3.8) is 0 Å². The summed E-state index contributed by atoms with van der Waals surface area (Å²) in [5, 5.41) is 2.80. The van der Waals surface area contributed by atoms with E-state index in [0.717, 1.165) is 12.1 Å². The zero-order valence-corrected chi connectivity index (χ0v) is 14.6. The summed E-state index contributed by atoms with van der Waals surface area (Å²) in [4.78, 5) is 10.3. The van der Waals surface area contributed by atoms with Crippen LogP contribution in [0.15, 0.2) is 24.3 Å². The molecule has 2 aromatic rings. The molecule has 1 aromatic carbocycles. The van der Waals surface area contributed by atoms with E-state index in [2.05, 4.69) is 15.3 Å². The molecule has 9 heteroatoms. The number of anilines is 3. The Morgan fingerprint density at radius 2 is 2.00 bits per heavy atom. The molecule has 25 heavy (non-hydrogen) atoms. The minimum atomic E-state index is -3.01. The minimum absolute atomic E-state index is 0.0852. The molecular formula is C16H18F2N4O2S. The van der Waals surface area contributed by atoms with Crippen LogP contribution < -0.4 is 10.2 Å². The van der Waals surface area contributed by atoms with Crippen LogP contribution in [0.3, 0.4) is 0 Å². The standard InChI is InChI=1S/C16H18F2N4O2S/c1-10-19-15(21-14-4-3-11(17)7-13(14)18)8-16(20-10)22(2)12-5-6-25(23,24)9-12/h3-4,7-8,12H,5-6,9H2,1-2H3,(H,19,20,21). The lowest BCUT2D eigenvalue weighted by Crippen LogP contribution is -2.33. The molecule has 0 spiro atoms. The van der Waals surface area contributed by atoms with Crippen molar-refractivity contribution in [1.29, 1.82) is 0 Å². The van der Waals surface area contributed by atoms with Gasteiger partial charge in [0.15, 0.2) is 9.84 Å². The summed E-state index contributed by atoms with van der Waals surface area (Å²) in [6.45, 7) is 1.69. The van der Waals surface area contributed by atoms with Crippen molar-refractivity contribution in [2.24, 2.45) is 0 Å². The van der Waals surface area contributed by atoms with Gasteiger partial charge in [-0.3, -0.25) is 0 Å². The smallest absolute Gasteiger partial charge is 0.152 e. The lowest BCUT2D eigenvalue weighted by molar-refractivity contribution is 0.586. The van der Waals surface area contributed by atoms with Gasteiger partial charge in [0.05, 0.1) is 17.2 Å². The summed E-state index contributed by atoms with van der Waals surface area (Å²) >= 11 is 0. The summed E-state index contributed by atoms with van der Waals surface area (Å²) in [6.07, 6.45) is 0.539. The first-order chi connectivity index (χ1) is 11.7. The Labute approximate surface area is 144 Å². The van der Waals surface area contributed by atoms with Crippen molar-refractivity contribution in [2.75, 3.05) is 28.8 Å². The zero-order valence-electron chi connectivity index (χ0n) is 13.8. The summed E-state index contributed by atoms with van der Waals surface area (Å²) < 4.78 is 50.2. The van der Waals surface area contributed by atoms with Crippen LogP contribution in [0.25, 0.3) is 0 Å². The summed E-state index contributed by atoms with van der Waals surface area (Å²) in [5.41, 5.74) is 0.0940. The number of hydrogen-bond donors (Lipinski definition) is 1. The van der Waals surface area contributed by atoms with Crippen LogP contribution in [-0.2, 0) is 9.84 Å². The molecule has 1 fully saturated rings. The first-order valence-corrected chi connectivity index (χ1v) is 9.57. The molecule has 1 atom stereocenters. The monoisotopic (exact) mass is 368 g/mol. The maximum Gasteiger partial charge on any atom is 0.152 e. The van der Waals surface area contributed by atoms with Crippen LogP contribution in [0.5, 0.6) is 0 Å². The second-order valence-electron chi connectivity index (χ2n) is 6.08. The van der Waals surface area contributed by atoms with Crippen molar-refractivity contribution in [3.8, 4) is 0 Å². The van der Waals surface area contributed by atoms with Crippen LogP contribution in [0.4, 0.5) is 26.1 Å². The largest absolute Gasteiger partial charge is 0.355 e. The van der Waals surface area contributed by atoms with E-state index in [9.17, 15) is 17.2 Å². The Bertz CT molecular complexity index is 905. The Morgan fingerprint density at radius 1 is 1.24 bits per heavy atom. The number of hydrogen-bond acceptors (Lipinski definition) is 6. The van der Waals surface area contributed by atoms with E-state index < -0.39 is 21.5 Å². The molecule has 1 unspecified atom stereocenters. The molecule has 2 heterocycles. The Balaban J connectivity index is 1.85. The van der Waals surface area contributed by atoms with Crippen LogP contribution >= 0.6 is 0 Å². The predicted octanol–water partition coefficient (Wildman–Crippen LogP) is 2.43. The van der Waals surface area contributed by atoms with Gasteiger partial charge in [-0.1, -0.05) is 0 Å². The fourth-order valence-electron chi connectivity index (χ4n) is 2.79. The van der Waals surface area contributed by atoms with Gasteiger partial charge in [0.2, 0.25) is 0 Å². The Hall–Kier alpha value is -2.29. The fourth-order valence-corrected chi connectivity index (χ4v) is 4.57. The van der Waals surface area contributed by atoms with Crippen molar-refractivity contribution < 1.29 is 17.2 Å². The van der Waals surface area contributed by atoms with Gasteiger partial charge in [-0.2, -0.15) is 0 Å². The molecule has 1 aliphatic heterocycles. The van der Waals surface area contributed by atoms with E-state index >= 15 is 0 Å².